The van der Waals surface area contributed by atoms with Gasteiger partial charge < -0.3 is 15.8 Å². The summed E-state index contributed by atoms with van der Waals surface area (Å²) in [6.45, 7) is 10.6. The summed E-state index contributed by atoms with van der Waals surface area (Å²) in [5.41, 5.74) is 5.84. The predicted octanol–water partition coefficient (Wildman–Crippen LogP) is 3.47. The van der Waals surface area contributed by atoms with Crippen LogP contribution in [0.1, 0.15) is 72.6 Å². The second-order valence-corrected chi connectivity index (χ2v) is 6.49. The first-order valence-electron chi connectivity index (χ1n) is 7.92. The predicted molar refractivity (Wildman–Crippen MR) is 84.5 cm³/mol. The molecule has 0 aromatic carbocycles. The smallest absolute Gasteiger partial charge is 0.0651 e. The van der Waals surface area contributed by atoms with Crippen molar-refractivity contribution in [3.63, 3.8) is 0 Å². The molecule has 0 spiro atoms. The number of unbranched alkanes of at least 4 members (excludes halogenated alkanes) is 2. The highest BCUT2D eigenvalue weighted by molar-refractivity contribution is 4.76. The van der Waals surface area contributed by atoms with E-state index >= 15 is 0 Å². The van der Waals surface area contributed by atoms with Crippen LogP contribution in [0.25, 0.3) is 0 Å². The Kier molecular flexibility index (Phi) is 9.67. The first kappa shape index (κ1) is 18.9. The van der Waals surface area contributed by atoms with E-state index in [1.165, 1.54) is 19.3 Å². The molecule has 0 aromatic rings. The van der Waals surface area contributed by atoms with E-state index in [0.717, 1.165) is 38.8 Å². The van der Waals surface area contributed by atoms with Gasteiger partial charge in [-0.2, -0.15) is 0 Å². The molecule has 3 nitrogen and oxygen atoms in total. The Morgan fingerprint density at radius 1 is 1.00 bits per heavy atom. The summed E-state index contributed by atoms with van der Waals surface area (Å²) in [5, 5.41) is 3.34. The molecule has 0 fully saturated rings. The summed E-state index contributed by atoms with van der Waals surface area (Å²) in [7, 11) is 2.03. The minimum atomic E-state index is 0.0493. The van der Waals surface area contributed by atoms with Gasteiger partial charge >= 0.3 is 0 Å². The first-order chi connectivity index (χ1) is 8.89. The van der Waals surface area contributed by atoms with Crippen molar-refractivity contribution in [3.05, 3.63) is 0 Å². The van der Waals surface area contributed by atoms with E-state index in [0.29, 0.717) is 0 Å². The minimum absolute atomic E-state index is 0.0493. The molecule has 19 heavy (non-hydrogen) atoms. The molecule has 0 saturated heterocycles. The quantitative estimate of drug-likeness (QED) is 0.535. The number of hydrogen-bond acceptors (Lipinski definition) is 3. The molecule has 0 amide bonds. The maximum Gasteiger partial charge on any atom is 0.0651 e. The van der Waals surface area contributed by atoms with Gasteiger partial charge in [0, 0.05) is 12.1 Å². The second-order valence-electron chi connectivity index (χ2n) is 6.49. The molecule has 0 saturated carbocycles. The SMILES string of the molecule is CCC(C)(CCCCN)OCCCCC(C)(C)NC. The Balaban J connectivity index is 3.76. The Morgan fingerprint density at radius 3 is 2.16 bits per heavy atom. The third-order valence-electron chi connectivity index (χ3n) is 4.23. The second kappa shape index (κ2) is 9.73. The van der Waals surface area contributed by atoms with Crippen LogP contribution in [0.3, 0.4) is 0 Å². The van der Waals surface area contributed by atoms with Crippen LogP contribution < -0.4 is 11.1 Å². The summed E-state index contributed by atoms with van der Waals surface area (Å²) >= 11 is 0. The molecule has 1 unspecified atom stereocenters. The fourth-order valence-corrected chi connectivity index (χ4v) is 2.11. The minimum Gasteiger partial charge on any atom is -0.375 e. The molecule has 0 bridgehead atoms. The molecule has 3 N–H and O–H groups in total. The summed E-state index contributed by atoms with van der Waals surface area (Å²) in [6, 6.07) is 0. The number of ether oxygens (including phenoxy) is 1. The molecular weight excluding hydrogens is 236 g/mol. The topological polar surface area (TPSA) is 47.3 Å². The molecule has 0 rings (SSSR count). The summed E-state index contributed by atoms with van der Waals surface area (Å²) in [6.07, 6.45) is 8.06. The van der Waals surface area contributed by atoms with Gasteiger partial charge in [-0.3, -0.25) is 0 Å². The van der Waals surface area contributed by atoms with Crippen LogP contribution in [0, 0.1) is 0 Å². The molecule has 0 aliphatic carbocycles. The van der Waals surface area contributed by atoms with Crippen molar-refractivity contribution in [1.82, 2.24) is 5.32 Å². The summed E-state index contributed by atoms with van der Waals surface area (Å²) < 4.78 is 6.11. The van der Waals surface area contributed by atoms with Crippen LogP contribution in [0.5, 0.6) is 0 Å². The van der Waals surface area contributed by atoms with Crippen LogP contribution in [0.15, 0.2) is 0 Å². The Bertz CT molecular complexity index is 219. The van der Waals surface area contributed by atoms with Gasteiger partial charge in [0.2, 0.25) is 0 Å². The van der Waals surface area contributed by atoms with Crippen molar-refractivity contribution in [2.45, 2.75) is 83.8 Å². The molecule has 0 aliphatic rings. The van der Waals surface area contributed by atoms with E-state index in [2.05, 4.69) is 33.0 Å². The molecule has 0 heterocycles. The fourth-order valence-electron chi connectivity index (χ4n) is 2.11. The lowest BCUT2D eigenvalue weighted by Gasteiger charge is -2.29. The maximum atomic E-state index is 6.11. The van der Waals surface area contributed by atoms with E-state index in [1.807, 2.05) is 7.05 Å². The zero-order valence-corrected chi connectivity index (χ0v) is 13.8. The Labute approximate surface area is 120 Å². The molecule has 3 heteroatoms. The fraction of sp³-hybridized carbons (Fsp3) is 1.00. The van der Waals surface area contributed by atoms with Gasteiger partial charge in [-0.05, 0) is 79.3 Å². The van der Waals surface area contributed by atoms with Crippen LogP contribution >= 0.6 is 0 Å². The Hall–Kier alpha value is -0.120. The average Bonchev–Trinajstić information content (AvgIpc) is 2.38. The van der Waals surface area contributed by atoms with E-state index in [4.69, 9.17) is 10.5 Å². The normalized spacial score (nSPS) is 15.5. The number of rotatable bonds is 12. The van der Waals surface area contributed by atoms with Gasteiger partial charge in [0.25, 0.3) is 0 Å². The van der Waals surface area contributed by atoms with Crippen molar-refractivity contribution in [2.75, 3.05) is 20.2 Å². The van der Waals surface area contributed by atoms with Crippen LogP contribution in [-0.2, 0) is 4.74 Å². The van der Waals surface area contributed by atoms with Gasteiger partial charge in [-0.1, -0.05) is 6.92 Å². The maximum absolute atomic E-state index is 6.11. The van der Waals surface area contributed by atoms with Gasteiger partial charge in [-0.15, -0.1) is 0 Å². The number of nitrogens with two attached hydrogens (primary N) is 1. The van der Waals surface area contributed by atoms with Gasteiger partial charge in [-0.25, -0.2) is 0 Å². The monoisotopic (exact) mass is 272 g/mol. The first-order valence-corrected chi connectivity index (χ1v) is 7.92. The molecular formula is C16H36N2O. The standard InChI is InChI=1S/C16H36N2O/c1-6-16(4,12-7-9-13-17)19-14-10-8-11-15(2,3)18-5/h18H,6-14,17H2,1-5H3. The summed E-state index contributed by atoms with van der Waals surface area (Å²) in [4.78, 5) is 0. The molecule has 0 radical (unpaired) electrons. The average molecular weight is 272 g/mol. The van der Waals surface area contributed by atoms with E-state index < -0.39 is 0 Å². The van der Waals surface area contributed by atoms with Crippen LogP contribution in [0.4, 0.5) is 0 Å². The third kappa shape index (κ3) is 9.42. The van der Waals surface area contributed by atoms with Crippen molar-refractivity contribution in [3.8, 4) is 0 Å². The molecule has 1 atom stereocenters. The molecule has 0 aliphatic heterocycles. The lowest BCUT2D eigenvalue weighted by atomic mass is 9.95. The lowest BCUT2D eigenvalue weighted by Crippen LogP contribution is -2.36. The highest BCUT2D eigenvalue weighted by Gasteiger charge is 2.22. The van der Waals surface area contributed by atoms with E-state index in [1.54, 1.807) is 0 Å². The molecule has 0 aromatic heterocycles. The lowest BCUT2D eigenvalue weighted by molar-refractivity contribution is -0.0435. The number of hydrogen-bond donors (Lipinski definition) is 2. The van der Waals surface area contributed by atoms with Crippen LogP contribution in [-0.4, -0.2) is 31.3 Å². The van der Waals surface area contributed by atoms with Crippen molar-refractivity contribution >= 4 is 0 Å². The van der Waals surface area contributed by atoms with Gasteiger partial charge in [0.15, 0.2) is 0 Å². The van der Waals surface area contributed by atoms with Crippen molar-refractivity contribution in [1.29, 1.82) is 0 Å². The third-order valence-corrected chi connectivity index (χ3v) is 4.23. The van der Waals surface area contributed by atoms with E-state index in [9.17, 15) is 0 Å². The highest BCUT2D eigenvalue weighted by atomic mass is 16.5. The molecule has 116 valence electrons. The van der Waals surface area contributed by atoms with Crippen molar-refractivity contribution in [2.24, 2.45) is 5.73 Å². The zero-order chi connectivity index (χ0) is 14.8. The zero-order valence-electron chi connectivity index (χ0n) is 13.8. The summed E-state index contributed by atoms with van der Waals surface area (Å²) in [5.74, 6) is 0. The van der Waals surface area contributed by atoms with Crippen LogP contribution in [0.2, 0.25) is 0 Å². The highest BCUT2D eigenvalue weighted by Crippen LogP contribution is 2.23. The van der Waals surface area contributed by atoms with E-state index in [-0.39, 0.29) is 11.1 Å². The van der Waals surface area contributed by atoms with Gasteiger partial charge in [0.1, 0.15) is 0 Å². The Morgan fingerprint density at radius 2 is 1.63 bits per heavy atom. The van der Waals surface area contributed by atoms with Crippen molar-refractivity contribution < 1.29 is 4.74 Å². The van der Waals surface area contributed by atoms with Gasteiger partial charge in [0.05, 0.1) is 5.60 Å². The number of nitrogens with one attached hydrogen (secondary N) is 1. The largest absolute Gasteiger partial charge is 0.375 e.